The van der Waals surface area contributed by atoms with Gasteiger partial charge in [-0.05, 0) is 63.2 Å². The van der Waals surface area contributed by atoms with Crippen molar-refractivity contribution in [2.75, 3.05) is 13.6 Å². The van der Waals surface area contributed by atoms with E-state index >= 15 is 0 Å². The molecular weight excluding hydrogens is 226 g/mol. The molecule has 4 saturated carbocycles. The number of hydrogen-bond donors (Lipinski definition) is 1. The van der Waals surface area contributed by atoms with Crippen molar-refractivity contribution >= 4 is 5.91 Å². The van der Waals surface area contributed by atoms with E-state index in [9.17, 15) is 9.90 Å². The lowest BCUT2D eigenvalue weighted by Crippen LogP contribution is -2.54. The minimum atomic E-state index is -0.423. The predicted octanol–water partition coefficient (Wildman–Crippen LogP) is 2.04. The van der Waals surface area contributed by atoms with E-state index in [1.165, 1.54) is 19.3 Å². The van der Waals surface area contributed by atoms with Gasteiger partial charge < -0.3 is 10.0 Å². The second-order valence-electron chi connectivity index (χ2n) is 7.23. The molecule has 0 saturated heterocycles. The number of aliphatic hydroxyl groups is 1. The molecule has 0 aromatic carbocycles. The van der Waals surface area contributed by atoms with Gasteiger partial charge in [0, 0.05) is 13.6 Å². The summed E-state index contributed by atoms with van der Waals surface area (Å²) in [4.78, 5) is 14.5. The Labute approximate surface area is 110 Å². The summed E-state index contributed by atoms with van der Waals surface area (Å²) in [5.41, 5.74) is -0.0572. The van der Waals surface area contributed by atoms with Gasteiger partial charge in [-0.25, -0.2) is 0 Å². The minimum Gasteiger partial charge on any atom is -0.392 e. The van der Waals surface area contributed by atoms with Crippen molar-refractivity contribution in [1.29, 1.82) is 0 Å². The summed E-state index contributed by atoms with van der Waals surface area (Å²) in [5, 5.41) is 9.46. The highest BCUT2D eigenvalue weighted by Crippen LogP contribution is 2.60. The van der Waals surface area contributed by atoms with Gasteiger partial charge in [-0.1, -0.05) is 0 Å². The van der Waals surface area contributed by atoms with Crippen molar-refractivity contribution in [2.45, 2.75) is 51.6 Å². The molecule has 1 unspecified atom stereocenters. The molecule has 0 heterocycles. The Balaban J connectivity index is 1.76. The lowest BCUT2D eigenvalue weighted by atomic mass is 9.49. The Kier molecular flexibility index (Phi) is 2.92. The number of aliphatic hydroxyl groups excluding tert-OH is 1. The first-order valence-electron chi connectivity index (χ1n) is 7.42. The van der Waals surface area contributed by atoms with Gasteiger partial charge in [0.05, 0.1) is 11.5 Å². The number of carbonyl (C=O) groups is 1. The van der Waals surface area contributed by atoms with Crippen LogP contribution in [0.1, 0.15) is 45.4 Å². The Hall–Kier alpha value is -0.570. The van der Waals surface area contributed by atoms with Crippen molar-refractivity contribution in [3.63, 3.8) is 0 Å². The molecular formula is C15H25NO2. The van der Waals surface area contributed by atoms with Crippen molar-refractivity contribution in [1.82, 2.24) is 4.90 Å². The number of nitrogens with zero attached hydrogens (tertiary/aromatic N) is 1. The summed E-state index contributed by atoms with van der Waals surface area (Å²) in [6.45, 7) is 2.23. The summed E-state index contributed by atoms with van der Waals surface area (Å²) in [6.07, 6.45) is 7.02. The van der Waals surface area contributed by atoms with Crippen molar-refractivity contribution in [2.24, 2.45) is 23.2 Å². The molecule has 4 aliphatic carbocycles. The molecule has 102 valence electrons. The molecule has 1 amide bonds. The maximum absolute atomic E-state index is 12.7. The smallest absolute Gasteiger partial charge is 0.228 e. The van der Waals surface area contributed by atoms with Crippen LogP contribution in [0.15, 0.2) is 0 Å². The minimum absolute atomic E-state index is 0.0572. The molecule has 0 aliphatic heterocycles. The fourth-order valence-corrected chi connectivity index (χ4v) is 5.26. The van der Waals surface area contributed by atoms with Crippen LogP contribution in [0, 0.1) is 23.2 Å². The van der Waals surface area contributed by atoms with Gasteiger partial charge in [-0.3, -0.25) is 4.79 Å². The van der Waals surface area contributed by atoms with Gasteiger partial charge in [0.1, 0.15) is 0 Å². The maximum Gasteiger partial charge on any atom is 0.228 e. The van der Waals surface area contributed by atoms with E-state index in [0.717, 1.165) is 37.0 Å². The summed E-state index contributed by atoms with van der Waals surface area (Å²) in [6, 6.07) is 0. The lowest BCUT2D eigenvalue weighted by Gasteiger charge is -2.56. The van der Waals surface area contributed by atoms with E-state index in [0.29, 0.717) is 12.5 Å². The highest BCUT2D eigenvalue weighted by molar-refractivity contribution is 5.83. The quantitative estimate of drug-likeness (QED) is 0.834. The van der Waals surface area contributed by atoms with Crippen LogP contribution < -0.4 is 0 Å². The third-order valence-corrected chi connectivity index (χ3v) is 5.38. The molecule has 4 bridgehead atoms. The first-order chi connectivity index (χ1) is 8.48. The third kappa shape index (κ3) is 1.97. The summed E-state index contributed by atoms with van der Waals surface area (Å²) in [7, 11) is 1.85. The second kappa shape index (κ2) is 4.22. The van der Waals surface area contributed by atoms with Crippen LogP contribution >= 0.6 is 0 Å². The molecule has 3 heteroatoms. The number of rotatable bonds is 3. The van der Waals surface area contributed by atoms with Crippen LogP contribution in [0.25, 0.3) is 0 Å². The highest BCUT2D eigenvalue weighted by atomic mass is 16.3. The molecule has 1 N–H and O–H groups in total. The predicted molar refractivity (Wildman–Crippen MR) is 69.9 cm³/mol. The SMILES string of the molecule is CC(O)CN(C)C(=O)C12CC3CC(CC(C3)C1)C2. The van der Waals surface area contributed by atoms with Crippen LogP contribution in [-0.2, 0) is 4.79 Å². The first-order valence-corrected chi connectivity index (χ1v) is 7.42. The topological polar surface area (TPSA) is 40.5 Å². The molecule has 4 aliphatic rings. The van der Waals surface area contributed by atoms with E-state index in [2.05, 4.69) is 0 Å². The average Bonchev–Trinajstić information content (AvgIpc) is 2.25. The zero-order chi connectivity index (χ0) is 12.9. The molecule has 0 spiro atoms. The van der Waals surface area contributed by atoms with Gasteiger partial charge in [-0.15, -0.1) is 0 Å². The van der Waals surface area contributed by atoms with Crippen molar-refractivity contribution in [3.05, 3.63) is 0 Å². The van der Waals surface area contributed by atoms with Crippen LogP contribution in [-0.4, -0.2) is 35.6 Å². The van der Waals surface area contributed by atoms with Crippen LogP contribution in [0.3, 0.4) is 0 Å². The Morgan fingerprint density at radius 2 is 1.67 bits per heavy atom. The summed E-state index contributed by atoms with van der Waals surface area (Å²) in [5.74, 6) is 2.72. The molecule has 18 heavy (non-hydrogen) atoms. The van der Waals surface area contributed by atoms with Crippen molar-refractivity contribution in [3.8, 4) is 0 Å². The largest absolute Gasteiger partial charge is 0.392 e. The first kappa shape index (κ1) is 12.5. The third-order valence-electron chi connectivity index (χ3n) is 5.38. The average molecular weight is 251 g/mol. The van der Waals surface area contributed by atoms with Crippen molar-refractivity contribution < 1.29 is 9.90 Å². The number of likely N-dealkylation sites (N-methyl/N-ethyl adjacent to an activating group) is 1. The van der Waals surface area contributed by atoms with E-state index < -0.39 is 6.10 Å². The van der Waals surface area contributed by atoms with Gasteiger partial charge in [0.15, 0.2) is 0 Å². The molecule has 3 nitrogen and oxygen atoms in total. The Morgan fingerprint density at radius 1 is 1.22 bits per heavy atom. The molecule has 1 atom stereocenters. The molecule has 0 radical (unpaired) electrons. The van der Waals surface area contributed by atoms with E-state index in [-0.39, 0.29) is 5.41 Å². The van der Waals surface area contributed by atoms with Crippen LogP contribution in [0.4, 0.5) is 0 Å². The fraction of sp³-hybridized carbons (Fsp3) is 0.933. The van der Waals surface area contributed by atoms with Crippen LogP contribution in [0.5, 0.6) is 0 Å². The van der Waals surface area contributed by atoms with E-state index in [1.807, 2.05) is 7.05 Å². The van der Waals surface area contributed by atoms with E-state index in [4.69, 9.17) is 0 Å². The molecule has 0 aromatic rings. The monoisotopic (exact) mass is 251 g/mol. The molecule has 4 rings (SSSR count). The number of carbonyl (C=O) groups excluding carboxylic acids is 1. The highest BCUT2D eigenvalue weighted by Gasteiger charge is 2.55. The summed E-state index contributed by atoms with van der Waals surface area (Å²) >= 11 is 0. The van der Waals surface area contributed by atoms with E-state index in [1.54, 1.807) is 11.8 Å². The molecule has 4 fully saturated rings. The van der Waals surface area contributed by atoms with Gasteiger partial charge >= 0.3 is 0 Å². The lowest BCUT2D eigenvalue weighted by molar-refractivity contribution is -0.157. The van der Waals surface area contributed by atoms with Gasteiger partial charge in [0.25, 0.3) is 0 Å². The normalized spacial score (nSPS) is 42.9. The Bertz CT molecular complexity index is 315. The summed E-state index contributed by atoms with van der Waals surface area (Å²) < 4.78 is 0. The number of hydrogen-bond acceptors (Lipinski definition) is 2. The standard InChI is InChI=1S/C15H25NO2/c1-10(17)9-16(2)14(18)15-6-11-3-12(7-15)5-13(4-11)8-15/h10-13,17H,3-9H2,1-2H3. The second-order valence-corrected chi connectivity index (χ2v) is 7.23. The number of amides is 1. The fourth-order valence-electron chi connectivity index (χ4n) is 5.26. The molecule has 0 aromatic heterocycles. The zero-order valence-corrected chi connectivity index (χ0v) is 11.6. The van der Waals surface area contributed by atoms with Crippen LogP contribution in [0.2, 0.25) is 0 Å². The van der Waals surface area contributed by atoms with Gasteiger partial charge in [-0.2, -0.15) is 0 Å². The Morgan fingerprint density at radius 3 is 2.06 bits per heavy atom. The zero-order valence-electron chi connectivity index (χ0n) is 11.6. The van der Waals surface area contributed by atoms with Gasteiger partial charge in [0.2, 0.25) is 5.91 Å². The maximum atomic E-state index is 12.7.